The van der Waals surface area contributed by atoms with Gasteiger partial charge in [0.25, 0.3) is 0 Å². The monoisotopic (exact) mass is 148 g/mol. The van der Waals surface area contributed by atoms with E-state index in [1.54, 1.807) is 0 Å². The third-order valence-corrected chi connectivity index (χ3v) is 1.07. The van der Waals surface area contributed by atoms with E-state index in [1.807, 2.05) is 20.8 Å². The summed E-state index contributed by atoms with van der Waals surface area (Å²) < 4.78 is 5.17. The van der Waals surface area contributed by atoms with Gasteiger partial charge < -0.3 is 4.74 Å². The van der Waals surface area contributed by atoms with Crippen LogP contribution in [0.5, 0.6) is 0 Å². The van der Waals surface area contributed by atoms with E-state index in [-0.39, 0.29) is 6.10 Å². The van der Waals surface area contributed by atoms with E-state index in [2.05, 4.69) is 4.89 Å². The molecule has 0 spiro atoms. The number of ether oxygens (including phenoxy) is 1. The van der Waals surface area contributed by atoms with Crippen LogP contribution in [0.4, 0.5) is 0 Å². The molecule has 0 bridgehead atoms. The minimum absolute atomic E-state index is 0.101. The normalized spacial score (nSPS) is 14.1. The molecule has 1 N–H and O–H groups in total. The van der Waals surface area contributed by atoms with E-state index in [9.17, 15) is 0 Å². The first kappa shape index (κ1) is 9.88. The molecule has 1 unspecified atom stereocenters. The van der Waals surface area contributed by atoms with Crippen LogP contribution >= 0.6 is 0 Å². The van der Waals surface area contributed by atoms with Crippen molar-refractivity contribution in [2.75, 3.05) is 0 Å². The Morgan fingerprint density at radius 1 is 1.40 bits per heavy atom. The van der Waals surface area contributed by atoms with Gasteiger partial charge in [-0.05, 0) is 13.8 Å². The van der Waals surface area contributed by atoms with Gasteiger partial charge in [-0.3, -0.25) is 0 Å². The van der Waals surface area contributed by atoms with Gasteiger partial charge in [0, 0.05) is 6.42 Å². The highest BCUT2D eigenvalue weighted by Crippen LogP contribution is 2.04. The lowest BCUT2D eigenvalue weighted by Gasteiger charge is -2.15. The van der Waals surface area contributed by atoms with Crippen molar-refractivity contribution in [3.8, 4) is 0 Å². The van der Waals surface area contributed by atoms with Crippen molar-refractivity contribution in [1.82, 2.24) is 0 Å². The highest BCUT2D eigenvalue weighted by molar-refractivity contribution is 4.43. The van der Waals surface area contributed by atoms with E-state index < -0.39 is 6.29 Å². The van der Waals surface area contributed by atoms with Gasteiger partial charge in [-0.1, -0.05) is 13.3 Å². The molecule has 3 nitrogen and oxygen atoms in total. The Labute approximate surface area is 61.9 Å². The highest BCUT2D eigenvalue weighted by atomic mass is 17.1. The summed E-state index contributed by atoms with van der Waals surface area (Å²) in [7, 11) is 0. The molecule has 0 aromatic rings. The second kappa shape index (κ2) is 5.65. The molecule has 0 rings (SSSR count). The van der Waals surface area contributed by atoms with E-state index in [1.165, 1.54) is 0 Å². The average molecular weight is 148 g/mol. The van der Waals surface area contributed by atoms with E-state index >= 15 is 0 Å². The smallest absolute Gasteiger partial charge is 0.191 e. The third kappa shape index (κ3) is 4.73. The van der Waals surface area contributed by atoms with Crippen LogP contribution < -0.4 is 0 Å². The molecule has 0 aliphatic carbocycles. The minimum Gasteiger partial charge on any atom is -0.347 e. The SMILES string of the molecule is CCCC(OO)OC(C)C. The molecule has 1 atom stereocenters. The third-order valence-electron chi connectivity index (χ3n) is 1.07. The van der Waals surface area contributed by atoms with Crippen LogP contribution in [-0.4, -0.2) is 17.7 Å². The molecule has 3 heteroatoms. The van der Waals surface area contributed by atoms with Crippen molar-refractivity contribution < 1.29 is 14.9 Å². The summed E-state index contributed by atoms with van der Waals surface area (Å²) in [5.41, 5.74) is 0. The molecule has 0 aliphatic rings. The lowest BCUT2D eigenvalue weighted by Crippen LogP contribution is -2.19. The predicted octanol–water partition coefficient (Wildman–Crippen LogP) is 2.03. The van der Waals surface area contributed by atoms with E-state index in [4.69, 9.17) is 9.99 Å². The second-order valence-corrected chi connectivity index (χ2v) is 2.51. The Bertz CT molecular complexity index is 73.3. The van der Waals surface area contributed by atoms with E-state index in [0.29, 0.717) is 0 Å². The first-order valence-corrected chi connectivity index (χ1v) is 3.66. The van der Waals surface area contributed by atoms with E-state index in [0.717, 1.165) is 12.8 Å². The summed E-state index contributed by atoms with van der Waals surface area (Å²) in [6, 6.07) is 0. The fraction of sp³-hybridized carbons (Fsp3) is 1.00. The Morgan fingerprint density at radius 2 is 2.00 bits per heavy atom. The van der Waals surface area contributed by atoms with Gasteiger partial charge in [-0.15, -0.1) is 0 Å². The summed E-state index contributed by atoms with van der Waals surface area (Å²) in [6.07, 6.45) is 1.32. The summed E-state index contributed by atoms with van der Waals surface area (Å²) in [4.78, 5) is 4.08. The van der Waals surface area contributed by atoms with Gasteiger partial charge in [0.05, 0.1) is 6.10 Å². The molecule has 0 aliphatic heterocycles. The minimum atomic E-state index is -0.454. The molecule has 0 saturated heterocycles. The molecule has 0 fully saturated rings. The quantitative estimate of drug-likeness (QED) is 0.368. The van der Waals surface area contributed by atoms with Crippen LogP contribution in [0.15, 0.2) is 0 Å². The van der Waals surface area contributed by atoms with Crippen LogP contribution in [-0.2, 0) is 9.62 Å². The molecule has 62 valence electrons. The Hall–Kier alpha value is -0.120. The maximum absolute atomic E-state index is 8.28. The zero-order valence-electron chi connectivity index (χ0n) is 6.83. The van der Waals surface area contributed by atoms with Crippen LogP contribution in [0.1, 0.15) is 33.6 Å². The van der Waals surface area contributed by atoms with Gasteiger partial charge in [-0.2, -0.15) is 0 Å². The second-order valence-electron chi connectivity index (χ2n) is 2.51. The van der Waals surface area contributed by atoms with Crippen molar-refractivity contribution in [2.45, 2.75) is 46.0 Å². The first-order valence-electron chi connectivity index (χ1n) is 3.66. The molecule has 0 heterocycles. The van der Waals surface area contributed by atoms with Crippen LogP contribution in [0.25, 0.3) is 0 Å². The number of rotatable bonds is 5. The fourth-order valence-corrected chi connectivity index (χ4v) is 0.685. The molecule has 0 aromatic heterocycles. The standard InChI is InChI=1S/C7H16O3/c1-4-5-7(10-8)9-6(2)3/h6-8H,4-5H2,1-3H3. The molecule has 0 amide bonds. The molecule has 10 heavy (non-hydrogen) atoms. The molecule has 0 saturated carbocycles. The van der Waals surface area contributed by atoms with Gasteiger partial charge >= 0.3 is 0 Å². The summed E-state index contributed by atoms with van der Waals surface area (Å²) in [6.45, 7) is 5.82. The fourth-order valence-electron chi connectivity index (χ4n) is 0.685. The van der Waals surface area contributed by atoms with Gasteiger partial charge in [0.1, 0.15) is 0 Å². The first-order chi connectivity index (χ1) is 4.70. The number of hydrogen-bond donors (Lipinski definition) is 1. The number of hydrogen-bond acceptors (Lipinski definition) is 3. The molecular weight excluding hydrogens is 132 g/mol. The zero-order valence-corrected chi connectivity index (χ0v) is 6.83. The van der Waals surface area contributed by atoms with Crippen molar-refractivity contribution >= 4 is 0 Å². The van der Waals surface area contributed by atoms with Crippen LogP contribution in [0, 0.1) is 0 Å². The summed E-state index contributed by atoms with van der Waals surface area (Å²) >= 11 is 0. The molecular formula is C7H16O3. The van der Waals surface area contributed by atoms with Gasteiger partial charge in [0.2, 0.25) is 0 Å². The highest BCUT2D eigenvalue weighted by Gasteiger charge is 2.08. The van der Waals surface area contributed by atoms with Crippen LogP contribution in [0.2, 0.25) is 0 Å². The Balaban J connectivity index is 3.39. The summed E-state index contributed by atoms with van der Waals surface area (Å²) in [5.74, 6) is 0. The zero-order chi connectivity index (χ0) is 7.98. The maximum atomic E-state index is 8.28. The largest absolute Gasteiger partial charge is 0.347 e. The maximum Gasteiger partial charge on any atom is 0.191 e. The average Bonchev–Trinajstić information content (AvgIpc) is 1.86. The van der Waals surface area contributed by atoms with Crippen molar-refractivity contribution in [1.29, 1.82) is 0 Å². The summed E-state index contributed by atoms with van der Waals surface area (Å²) in [5, 5.41) is 8.28. The van der Waals surface area contributed by atoms with Crippen molar-refractivity contribution in [3.63, 3.8) is 0 Å². The topological polar surface area (TPSA) is 38.7 Å². The molecule has 0 radical (unpaired) electrons. The van der Waals surface area contributed by atoms with Crippen LogP contribution in [0.3, 0.4) is 0 Å². The lowest BCUT2D eigenvalue weighted by molar-refractivity contribution is -0.353. The Kier molecular flexibility index (Phi) is 5.58. The molecule has 0 aromatic carbocycles. The van der Waals surface area contributed by atoms with Crippen molar-refractivity contribution in [3.05, 3.63) is 0 Å². The predicted molar refractivity (Wildman–Crippen MR) is 38.6 cm³/mol. The Morgan fingerprint density at radius 3 is 2.30 bits per heavy atom. The van der Waals surface area contributed by atoms with Gasteiger partial charge in [-0.25, -0.2) is 10.1 Å². The van der Waals surface area contributed by atoms with Crippen molar-refractivity contribution in [2.24, 2.45) is 0 Å². The lowest BCUT2D eigenvalue weighted by atomic mass is 10.3. The van der Waals surface area contributed by atoms with Gasteiger partial charge in [0.15, 0.2) is 6.29 Å².